The number of nitrogens with zero attached hydrogens (tertiary/aromatic N) is 4. The van der Waals surface area contributed by atoms with Gasteiger partial charge in [-0.3, -0.25) is 0 Å². The van der Waals surface area contributed by atoms with Crippen LogP contribution in [-0.4, -0.2) is 15.0 Å². The van der Waals surface area contributed by atoms with Crippen molar-refractivity contribution in [3.8, 4) is 6.07 Å². The van der Waals surface area contributed by atoms with E-state index < -0.39 is 0 Å². The molecule has 0 unspecified atom stereocenters. The molecule has 0 spiro atoms. The third kappa shape index (κ3) is 2.68. The first-order valence-electron chi connectivity index (χ1n) is 7.94. The molecule has 0 bridgehead atoms. The Hall–Kier alpha value is -3.71. The van der Waals surface area contributed by atoms with E-state index in [1.54, 1.807) is 4.68 Å². The van der Waals surface area contributed by atoms with Gasteiger partial charge in [0.15, 0.2) is 5.70 Å². The summed E-state index contributed by atoms with van der Waals surface area (Å²) in [5, 5.41) is 18.4. The number of nitriles is 1. The average molecular weight is 322 g/mol. The van der Waals surface area contributed by atoms with Gasteiger partial charge in [-0.1, -0.05) is 78.0 Å². The number of benzene rings is 3. The maximum Gasteiger partial charge on any atom is 0.152 e. The van der Waals surface area contributed by atoms with Gasteiger partial charge in [-0.15, -0.1) is 5.10 Å². The molecule has 4 heteroatoms. The zero-order valence-corrected chi connectivity index (χ0v) is 13.4. The Morgan fingerprint density at radius 3 is 1.92 bits per heavy atom. The third-order valence-corrected chi connectivity index (χ3v) is 4.03. The van der Waals surface area contributed by atoms with Crippen molar-refractivity contribution >= 4 is 22.3 Å². The van der Waals surface area contributed by atoms with Crippen molar-refractivity contribution in [1.82, 2.24) is 15.0 Å². The molecule has 1 heterocycles. The van der Waals surface area contributed by atoms with Crippen molar-refractivity contribution in [2.24, 2.45) is 0 Å². The van der Waals surface area contributed by atoms with E-state index in [2.05, 4.69) is 16.4 Å². The predicted octanol–water partition coefficient (Wildman–Crippen LogP) is 4.37. The van der Waals surface area contributed by atoms with Crippen molar-refractivity contribution in [2.45, 2.75) is 0 Å². The molecule has 0 aliphatic carbocycles. The second kappa shape index (κ2) is 6.42. The van der Waals surface area contributed by atoms with Crippen LogP contribution in [0.4, 0.5) is 0 Å². The third-order valence-electron chi connectivity index (χ3n) is 4.03. The van der Waals surface area contributed by atoms with Crippen LogP contribution in [0.1, 0.15) is 11.1 Å². The van der Waals surface area contributed by atoms with E-state index >= 15 is 0 Å². The molecule has 0 radical (unpaired) electrons. The fraction of sp³-hybridized carbons (Fsp3) is 0. The van der Waals surface area contributed by atoms with Gasteiger partial charge in [-0.2, -0.15) is 5.26 Å². The quantitative estimate of drug-likeness (QED) is 0.526. The van der Waals surface area contributed by atoms with Crippen molar-refractivity contribution < 1.29 is 0 Å². The first kappa shape index (κ1) is 14.9. The highest BCUT2D eigenvalue weighted by atomic mass is 15.4. The van der Waals surface area contributed by atoms with Crippen LogP contribution in [0.15, 0.2) is 84.9 Å². The summed E-state index contributed by atoms with van der Waals surface area (Å²) in [5.41, 5.74) is 4.78. The highest BCUT2D eigenvalue weighted by Crippen LogP contribution is 2.30. The smallest absolute Gasteiger partial charge is 0.152 e. The summed E-state index contributed by atoms with van der Waals surface area (Å²) in [5.74, 6) is 0. The van der Waals surface area contributed by atoms with Crippen molar-refractivity contribution in [1.29, 1.82) is 5.26 Å². The van der Waals surface area contributed by atoms with E-state index in [1.807, 2.05) is 84.9 Å². The van der Waals surface area contributed by atoms with Crippen LogP contribution in [0.3, 0.4) is 0 Å². The minimum atomic E-state index is 0.450. The molecule has 0 aliphatic rings. The normalized spacial score (nSPS) is 10.4. The largest absolute Gasteiger partial charge is 0.202 e. The van der Waals surface area contributed by atoms with Gasteiger partial charge in [-0.25, -0.2) is 4.68 Å². The lowest BCUT2D eigenvalue weighted by Gasteiger charge is -2.12. The highest BCUT2D eigenvalue weighted by Gasteiger charge is 2.16. The minimum Gasteiger partial charge on any atom is -0.202 e. The molecule has 0 amide bonds. The molecule has 118 valence electrons. The zero-order valence-electron chi connectivity index (χ0n) is 13.4. The highest BCUT2D eigenvalue weighted by molar-refractivity contribution is 5.99. The van der Waals surface area contributed by atoms with Crippen molar-refractivity contribution in [2.75, 3.05) is 0 Å². The van der Waals surface area contributed by atoms with E-state index in [9.17, 15) is 5.26 Å². The van der Waals surface area contributed by atoms with E-state index in [0.717, 1.165) is 27.7 Å². The van der Waals surface area contributed by atoms with Crippen molar-refractivity contribution in [3.05, 3.63) is 96.1 Å². The molecule has 0 N–H and O–H groups in total. The number of hydrogen-bond donors (Lipinski definition) is 0. The summed E-state index contributed by atoms with van der Waals surface area (Å²) in [6, 6.07) is 29.7. The maximum atomic E-state index is 9.95. The lowest BCUT2D eigenvalue weighted by molar-refractivity contribution is 0.847. The van der Waals surface area contributed by atoms with Crippen LogP contribution in [0.2, 0.25) is 0 Å². The minimum absolute atomic E-state index is 0.450. The predicted molar refractivity (Wildman–Crippen MR) is 98.2 cm³/mol. The summed E-state index contributed by atoms with van der Waals surface area (Å²) in [7, 11) is 0. The lowest BCUT2D eigenvalue weighted by Crippen LogP contribution is -2.03. The van der Waals surface area contributed by atoms with Gasteiger partial charge >= 0.3 is 0 Å². The Balaban J connectivity index is 2.06. The summed E-state index contributed by atoms with van der Waals surface area (Å²) in [6.45, 7) is 0. The average Bonchev–Trinajstić information content (AvgIpc) is 3.11. The Kier molecular flexibility index (Phi) is 3.82. The number of para-hydroxylation sites is 1. The fourth-order valence-corrected chi connectivity index (χ4v) is 2.89. The van der Waals surface area contributed by atoms with E-state index in [1.165, 1.54) is 0 Å². The first-order valence-corrected chi connectivity index (χ1v) is 7.94. The van der Waals surface area contributed by atoms with Crippen LogP contribution in [0.5, 0.6) is 0 Å². The Labute approximate surface area is 145 Å². The second-order valence-corrected chi connectivity index (χ2v) is 5.56. The number of fused-ring (bicyclic) bond motifs is 1. The summed E-state index contributed by atoms with van der Waals surface area (Å²) in [6.07, 6.45) is 0. The van der Waals surface area contributed by atoms with Crippen LogP contribution in [-0.2, 0) is 0 Å². The Bertz CT molecular complexity index is 1050. The number of allylic oxidation sites excluding steroid dienone is 1. The number of rotatable bonds is 3. The van der Waals surface area contributed by atoms with Gasteiger partial charge in [0, 0.05) is 5.57 Å². The molecule has 0 aliphatic heterocycles. The monoisotopic (exact) mass is 322 g/mol. The molecule has 3 aromatic carbocycles. The Morgan fingerprint density at radius 1 is 0.760 bits per heavy atom. The fourth-order valence-electron chi connectivity index (χ4n) is 2.89. The van der Waals surface area contributed by atoms with E-state index in [-0.39, 0.29) is 0 Å². The molecular formula is C21H14N4. The van der Waals surface area contributed by atoms with Crippen LogP contribution in [0.25, 0.3) is 22.3 Å². The van der Waals surface area contributed by atoms with Crippen LogP contribution < -0.4 is 0 Å². The van der Waals surface area contributed by atoms with Gasteiger partial charge in [0.1, 0.15) is 11.6 Å². The van der Waals surface area contributed by atoms with E-state index in [0.29, 0.717) is 5.70 Å². The maximum absolute atomic E-state index is 9.95. The molecule has 4 rings (SSSR count). The van der Waals surface area contributed by atoms with Gasteiger partial charge in [-0.05, 0) is 23.3 Å². The Morgan fingerprint density at radius 2 is 1.32 bits per heavy atom. The number of hydrogen-bond acceptors (Lipinski definition) is 3. The molecule has 0 saturated carbocycles. The SMILES string of the molecule is N#CC(=C(c1ccccc1)c1ccccc1)n1nnc2ccccc21. The zero-order chi connectivity index (χ0) is 17.1. The van der Waals surface area contributed by atoms with Gasteiger partial charge in [0.2, 0.25) is 0 Å². The molecule has 0 atom stereocenters. The first-order chi connectivity index (χ1) is 12.4. The molecule has 1 aromatic heterocycles. The topological polar surface area (TPSA) is 54.5 Å². The summed E-state index contributed by atoms with van der Waals surface area (Å²) in [4.78, 5) is 0. The van der Waals surface area contributed by atoms with E-state index in [4.69, 9.17) is 0 Å². The second-order valence-electron chi connectivity index (χ2n) is 5.56. The lowest BCUT2D eigenvalue weighted by atomic mass is 9.96. The standard InChI is InChI=1S/C21H14N4/c22-15-20(25-19-14-8-7-13-18(19)23-24-25)21(16-9-3-1-4-10-16)17-11-5-2-6-12-17/h1-14H. The molecule has 4 aromatic rings. The number of aromatic nitrogens is 3. The van der Waals surface area contributed by atoms with Crippen molar-refractivity contribution in [3.63, 3.8) is 0 Å². The summed E-state index contributed by atoms with van der Waals surface area (Å²) >= 11 is 0. The molecular weight excluding hydrogens is 308 g/mol. The van der Waals surface area contributed by atoms with Crippen LogP contribution >= 0.6 is 0 Å². The molecule has 25 heavy (non-hydrogen) atoms. The van der Waals surface area contributed by atoms with Gasteiger partial charge in [0.05, 0.1) is 5.52 Å². The van der Waals surface area contributed by atoms with Crippen LogP contribution in [0, 0.1) is 11.3 Å². The van der Waals surface area contributed by atoms with Gasteiger partial charge in [0.25, 0.3) is 0 Å². The molecule has 0 saturated heterocycles. The molecule has 4 nitrogen and oxygen atoms in total. The molecule has 0 fully saturated rings. The van der Waals surface area contributed by atoms with Gasteiger partial charge < -0.3 is 0 Å². The summed E-state index contributed by atoms with van der Waals surface area (Å²) < 4.78 is 1.62.